The van der Waals surface area contributed by atoms with Crippen LogP contribution >= 0.6 is 23.1 Å². The SMILES string of the molecule is Cc1ccccc1-c1nnc(SCc2nc(N)c3c4c(sc3n2)CCCC4)n1C. The molecule has 1 aliphatic carbocycles. The first kappa shape index (κ1) is 18.6. The summed E-state index contributed by atoms with van der Waals surface area (Å²) >= 11 is 3.37. The summed E-state index contributed by atoms with van der Waals surface area (Å²) in [6.45, 7) is 2.09. The maximum absolute atomic E-state index is 6.33. The fourth-order valence-corrected chi connectivity index (χ4v) is 5.98. The molecule has 29 heavy (non-hydrogen) atoms. The van der Waals surface area contributed by atoms with Crippen LogP contribution in [0.5, 0.6) is 0 Å². The van der Waals surface area contributed by atoms with E-state index in [9.17, 15) is 0 Å². The summed E-state index contributed by atoms with van der Waals surface area (Å²) in [7, 11) is 2.00. The highest BCUT2D eigenvalue weighted by Crippen LogP contribution is 2.38. The second kappa shape index (κ2) is 7.42. The molecular formula is C21H22N6S2. The zero-order chi connectivity index (χ0) is 20.0. The van der Waals surface area contributed by atoms with Gasteiger partial charge in [-0.3, -0.25) is 0 Å². The largest absolute Gasteiger partial charge is 0.383 e. The van der Waals surface area contributed by atoms with Gasteiger partial charge in [-0.25, -0.2) is 9.97 Å². The van der Waals surface area contributed by atoms with Crippen LogP contribution in [-0.2, 0) is 25.6 Å². The Bertz CT molecular complexity index is 1210. The first-order valence-corrected chi connectivity index (χ1v) is 11.6. The number of fused-ring (bicyclic) bond motifs is 3. The Morgan fingerprint density at radius 2 is 1.97 bits per heavy atom. The van der Waals surface area contributed by atoms with Gasteiger partial charge < -0.3 is 10.3 Å². The molecule has 0 bridgehead atoms. The number of aromatic nitrogens is 5. The van der Waals surface area contributed by atoms with Crippen LogP contribution in [0.25, 0.3) is 21.6 Å². The Hall–Kier alpha value is -2.45. The lowest BCUT2D eigenvalue weighted by Crippen LogP contribution is -2.03. The number of nitrogens with zero attached hydrogens (tertiary/aromatic N) is 5. The van der Waals surface area contributed by atoms with Gasteiger partial charge in [-0.2, -0.15) is 0 Å². The summed E-state index contributed by atoms with van der Waals surface area (Å²) in [5.41, 5.74) is 9.99. The molecule has 1 aromatic carbocycles. The Kier molecular flexibility index (Phi) is 4.75. The number of rotatable bonds is 4. The fourth-order valence-electron chi connectivity index (χ4n) is 3.92. The van der Waals surface area contributed by atoms with Gasteiger partial charge in [0.05, 0.1) is 11.1 Å². The molecule has 0 saturated carbocycles. The molecule has 3 heterocycles. The lowest BCUT2D eigenvalue weighted by molar-refractivity contribution is 0.700. The third-order valence-electron chi connectivity index (χ3n) is 5.44. The zero-order valence-electron chi connectivity index (χ0n) is 16.5. The van der Waals surface area contributed by atoms with Crippen molar-refractivity contribution in [1.82, 2.24) is 24.7 Å². The lowest BCUT2D eigenvalue weighted by Gasteiger charge is -2.10. The molecule has 0 spiro atoms. The number of thiophene rings is 1. The van der Waals surface area contributed by atoms with E-state index in [1.807, 2.05) is 23.7 Å². The molecule has 6 nitrogen and oxygen atoms in total. The van der Waals surface area contributed by atoms with E-state index in [2.05, 4.69) is 34.2 Å². The Balaban J connectivity index is 1.41. The van der Waals surface area contributed by atoms with Crippen molar-refractivity contribution in [3.8, 4) is 11.4 Å². The Morgan fingerprint density at radius 3 is 2.83 bits per heavy atom. The standard InChI is InChI=1S/C21H22N6S2/c1-12-7-3-4-8-13(12)19-25-26-21(27(19)2)28-11-16-23-18(22)17-14-9-5-6-10-15(14)29-20(17)24-16/h3-4,7-8H,5-6,9-11H2,1-2H3,(H2,22,23,24). The molecule has 4 aromatic rings. The minimum absolute atomic E-state index is 0.614. The van der Waals surface area contributed by atoms with E-state index < -0.39 is 0 Å². The highest BCUT2D eigenvalue weighted by molar-refractivity contribution is 7.98. The highest BCUT2D eigenvalue weighted by atomic mass is 32.2. The monoisotopic (exact) mass is 422 g/mol. The first-order valence-electron chi connectivity index (χ1n) is 9.76. The van der Waals surface area contributed by atoms with E-state index >= 15 is 0 Å². The Labute approximate surface area is 177 Å². The minimum Gasteiger partial charge on any atom is -0.383 e. The van der Waals surface area contributed by atoms with E-state index in [4.69, 9.17) is 10.7 Å². The van der Waals surface area contributed by atoms with Crippen LogP contribution in [0.1, 0.15) is 34.7 Å². The number of benzene rings is 1. The summed E-state index contributed by atoms with van der Waals surface area (Å²) in [5, 5.41) is 10.7. The number of aryl methyl sites for hydroxylation is 3. The summed E-state index contributed by atoms with van der Waals surface area (Å²) in [6.07, 6.45) is 4.72. The maximum atomic E-state index is 6.33. The molecule has 0 aliphatic heterocycles. The van der Waals surface area contributed by atoms with Gasteiger partial charge >= 0.3 is 0 Å². The van der Waals surface area contributed by atoms with Crippen molar-refractivity contribution in [3.05, 3.63) is 46.1 Å². The lowest BCUT2D eigenvalue weighted by atomic mass is 9.97. The van der Waals surface area contributed by atoms with Gasteiger partial charge in [-0.1, -0.05) is 36.0 Å². The van der Waals surface area contributed by atoms with Gasteiger partial charge in [0.15, 0.2) is 11.0 Å². The summed E-state index contributed by atoms with van der Waals surface area (Å²) in [5.74, 6) is 2.85. The maximum Gasteiger partial charge on any atom is 0.191 e. The fraction of sp³-hybridized carbons (Fsp3) is 0.333. The number of hydrogen-bond donors (Lipinski definition) is 1. The molecule has 1 aliphatic rings. The van der Waals surface area contributed by atoms with E-state index in [-0.39, 0.29) is 0 Å². The predicted molar refractivity (Wildman–Crippen MR) is 119 cm³/mol. The smallest absolute Gasteiger partial charge is 0.191 e. The molecule has 2 N–H and O–H groups in total. The summed E-state index contributed by atoms with van der Waals surface area (Å²) < 4.78 is 2.03. The van der Waals surface area contributed by atoms with Crippen molar-refractivity contribution in [2.75, 3.05) is 5.73 Å². The van der Waals surface area contributed by atoms with Crippen LogP contribution in [0.2, 0.25) is 0 Å². The molecular weight excluding hydrogens is 400 g/mol. The Morgan fingerprint density at radius 1 is 1.14 bits per heavy atom. The normalized spacial score (nSPS) is 13.7. The molecule has 0 radical (unpaired) electrons. The van der Waals surface area contributed by atoms with Crippen LogP contribution in [0.4, 0.5) is 5.82 Å². The van der Waals surface area contributed by atoms with Crippen LogP contribution in [-0.4, -0.2) is 24.7 Å². The molecule has 0 unspecified atom stereocenters. The van der Waals surface area contributed by atoms with Crippen molar-refractivity contribution in [2.24, 2.45) is 7.05 Å². The van der Waals surface area contributed by atoms with Crippen LogP contribution < -0.4 is 5.73 Å². The second-order valence-corrected chi connectivity index (χ2v) is 9.41. The van der Waals surface area contributed by atoms with Crippen molar-refractivity contribution in [1.29, 1.82) is 0 Å². The van der Waals surface area contributed by atoms with Gasteiger partial charge in [0.1, 0.15) is 16.5 Å². The van der Waals surface area contributed by atoms with Crippen LogP contribution in [0, 0.1) is 6.92 Å². The molecule has 8 heteroatoms. The third-order valence-corrected chi connectivity index (χ3v) is 7.64. The van der Waals surface area contributed by atoms with Crippen molar-refractivity contribution >= 4 is 39.1 Å². The van der Waals surface area contributed by atoms with E-state index in [0.29, 0.717) is 11.6 Å². The first-order chi connectivity index (χ1) is 14.1. The van der Waals surface area contributed by atoms with Crippen molar-refractivity contribution in [2.45, 2.75) is 43.5 Å². The quantitative estimate of drug-likeness (QED) is 0.486. The van der Waals surface area contributed by atoms with Gasteiger partial charge in [0, 0.05) is 17.5 Å². The van der Waals surface area contributed by atoms with E-state index in [1.54, 1.807) is 23.1 Å². The van der Waals surface area contributed by atoms with Crippen LogP contribution in [0.3, 0.4) is 0 Å². The van der Waals surface area contributed by atoms with Crippen LogP contribution in [0.15, 0.2) is 29.4 Å². The molecule has 5 rings (SSSR count). The predicted octanol–water partition coefficient (Wildman–Crippen LogP) is 4.55. The molecule has 3 aromatic heterocycles. The molecule has 0 atom stereocenters. The number of hydrogen-bond acceptors (Lipinski definition) is 7. The molecule has 0 amide bonds. The molecule has 0 fully saturated rings. The highest BCUT2D eigenvalue weighted by Gasteiger charge is 2.20. The van der Waals surface area contributed by atoms with E-state index in [0.717, 1.165) is 45.4 Å². The number of anilines is 1. The third kappa shape index (κ3) is 3.30. The van der Waals surface area contributed by atoms with Crippen molar-refractivity contribution in [3.63, 3.8) is 0 Å². The van der Waals surface area contributed by atoms with E-state index in [1.165, 1.54) is 28.8 Å². The summed E-state index contributed by atoms with van der Waals surface area (Å²) in [6, 6.07) is 8.22. The average molecular weight is 423 g/mol. The van der Waals surface area contributed by atoms with Gasteiger partial charge in [-0.15, -0.1) is 21.5 Å². The number of nitrogen functional groups attached to an aromatic ring is 1. The van der Waals surface area contributed by atoms with Crippen molar-refractivity contribution < 1.29 is 0 Å². The topological polar surface area (TPSA) is 82.5 Å². The number of nitrogens with two attached hydrogens (primary N) is 1. The molecule has 148 valence electrons. The average Bonchev–Trinajstić information content (AvgIpc) is 3.27. The molecule has 0 saturated heterocycles. The van der Waals surface area contributed by atoms with Gasteiger partial charge in [-0.05, 0) is 43.7 Å². The summed E-state index contributed by atoms with van der Waals surface area (Å²) in [4.78, 5) is 11.9. The minimum atomic E-state index is 0.614. The number of thioether (sulfide) groups is 1. The van der Waals surface area contributed by atoms with Gasteiger partial charge in [0.25, 0.3) is 0 Å². The van der Waals surface area contributed by atoms with Gasteiger partial charge in [0.2, 0.25) is 0 Å². The zero-order valence-corrected chi connectivity index (χ0v) is 18.1. The second-order valence-electron chi connectivity index (χ2n) is 7.38.